The average Bonchev–Trinajstić information content (AvgIpc) is 3.17. The van der Waals surface area contributed by atoms with Crippen molar-refractivity contribution in [3.63, 3.8) is 0 Å². The van der Waals surface area contributed by atoms with Crippen LogP contribution in [0.15, 0.2) is 36.8 Å². The number of hydrogen-bond acceptors (Lipinski definition) is 3. The number of halogens is 3. The second kappa shape index (κ2) is 7.70. The van der Waals surface area contributed by atoms with Crippen molar-refractivity contribution >= 4 is 46.4 Å². The van der Waals surface area contributed by atoms with Gasteiger partial charge < -0.3 is 5.32 Å². The van der Waals surface area contributed by atoms with Gasteiger partial charge in [0.25, 0.3) is 0 Å². The van der Waals surface area contributed by atoms with E-state index in [1.165, 1.54) is 4.68 Å². The van der Waals surface area contributed by atoms with Crippen LogP contribution in [0.4, 0.5) is 5.69 Å². The number of anilines is 1. The summed E-state index contributed by atoms with van der Waals surface area (Å²) in [5, 5.41) is 12.8. The Kier molecular flexibility index (Phi) is 5.55. The summed E-state index contributed by atoms with van der Waals surface area (Å²) in [6, 6.07) is 4.90. The molecule has 1 N–H and O–H groups in total. The number of aryl methyl sites for hydroxylation is 1. The lowest BCUT2D eigenvalue weighted by Crippen LogP contribution is -2.23. The highest BCUT2D eigenvalue weighted by molar-refractivity contribution is 6.42. The lowest BCUT2D eigenvalue weighted by atomic mass is 10.2. The second-order valence-electron chi connectivity index (χ2n) is 5.88. The molecule has 0 fully saturated rings. The number of amides is 1. The Bertz CT molecular complexity index is 930. The maximum atomic E-state index is 12.4. The van der Waals surface area contributed by atoms with Crippen LogP contribution in [0.25, 0.3) is 0 Å². The highest BCUT2D eigenvalue weighted by Gasteiger charge is 2.18. The average molecular weight is 413 g/mol. The van der Waals surface area contributed by atoms with Gasteiger partial charge in [0, 0.05) is 12.4 Å². The number of aromatic nitrogens is 4. The van der Waals surface area contributed by atoms with E-state index in [4.69, 9.17) is 34.8 Å². The molecule has 1 atom stereocenters. The maximum absolute atomic E-state index is 12.4. The Hall–Kier alpha value is -2.02. The minimum Gasteiger partial charge on any atom is -0.322 e. The minimum absolute atomic E-state index is 0.210. The Morgan fingerprint density at radius 2 is 1.96 bits per heavy atom. The molecule has 0 aliphatic rings. The molecular weight excluding hydrogens is 397 g/mol. The van der Waals surface area contributed by atoms with Crippen molar-refractivity contribution in [2.75, 3.05) is 5.32 Å². The second-order valence-corrected chi connectivity index (χ2v) is 7.10. The molecule has 136 valence electrons. The van der Waals surface area contributed by atoms with E-state index >= 15 is 0 Å². The van der Waals surface area contributed by atoms with Crippen molar-refractivity contribution in [2.45, 2.75) is 26.4 Å². The van der Waals surface area contributed by atoms with Gasteiger partial charge in [0.05, 0.1) is 39.2 Å². The van der Waals surface area contributed by atoms with Crippen LogP contribution in [0.5, 0.6) is 0 Å². The third kappa shape index (κ3) is 4.20. The highest BCUT2D eigenvalue weighted by atomic mass is 35.5. The zero-order chi connectivity index (χ0) is 18.8. The molecule has 0 aliphatic heterocycles. The van der Waals surface area contributed by atoms with E-state index in [1.54, 1.807) is 49.3 Å². The van der Waals surface area contributed by atoms with E-state index < -0.39 is 6.04 Å². The molecule has 3 aromatic rings. The molecule has 0 saturated carbocycles. The zero-order valence-electron chi connectivity index (χ0n) is 14.1. The van der Waals surface area contributed by atoms with E-state index in [1.807, 2.05) is 6.07 Å². The molecule has 0 bridgehead atoms. The monoisotopic (exact) mass is 411 g/mol. The SMILES string of the molecule is Cc1nn(C(C)C(=O)Nc2cnn(Cc3ccc(Cl)c(Cl)c3)c2)cc1Cl. The van der Waals surface area contributed by atoms with Gasteiger partial charge in [-0.1, -0.05) is 40.9 Å². The Morgan fingerprint density at radius 3 is 2.62 bits per heavy atom. The summed E-state index contributed by atoms with van der Waals surface area (Å²) >= 11 is 17.9. The predicted molar refractivity (Wildman–Crippen MR) is 103 cm³/mol. The van der Waals surface area contributed by atoms with E-state index in [2.05, 4.69) is 15.5 Å². The van der Waals surface area contributed by atoms with Crippen LogP contribution in [0.1, 0.15) is 24.2 Å². The van der Waals surface area contributed by atoms with E-state index in [0.29, 0.717) is 33.0 Å². The molecule has 6 nitrogen and oxygen atoms in total. The summed E-state index contributed by atoms with van der Waals surface area (Å²) < 4.78 is 3.24. The van der Waals surface area contributed by atoms with Crippen molar-refractivity contribution in [3.8, 4) is 0 Å². The largest absolute Gasteiger partial charge is 0.322 e. The Balaban J connectivity index is 1.65. The lowest BCUT2D eigenvalue weighted by Gasteiger charge is -2.11. The smallest absolute Gasteiger partial charge is 0.249 e. The Labute approximate surface area is 165 Å². The number of rotatable bonds is 5. The number of carbonyl (C=O) groups is 1. The van der Waals surface area contributed by atoms with E-state index in [-0.39, 0.29) is 5.91 Å². The van der Waals surface area contributed by atoms with Gasteiger partial charge in [-0.05, 0) is 31.5 Å². The Morgan fingerprint density at radius 1 is 1.19 bits per heavy atom. The van der Waals surface area contributed by atoms with Crippen molar-refractivity contribution in [1.29, 1.82) is 0 Å². The van der Waals surface area contributed by atoms with Crippen LogP contribution < -0.4 is 5.32 Å². The molecule has 9 heteroatoms. The quantitative estimate of drug-likeness (QED) is 0.666. The summed E-state index contributed by atoms with van der Waals surface area (Å²) in [5.41, 5.74) is 2.23. The van der Waals surface area contributed by atoms with Crippen LogP contribution in [0.2, 0.25) is 15.1 Å². The molecule has 2 aromatic heterocycles. The number of benzene rings is 1. The molecule has 0 spiro atoms. The molecule has 0 aliphatic carbocycles. The van der Waals surface area contributed by atoms with Crippen molar-refractivity contribution in [3.05, 3.63) is 63.1 Å². The van der Waals surface area contributed by atoms with Gasteiger partial charge in [0.1, 0.15) is 6.04 Å². The van der Waals surface area contributed by atoms with Gasteiger partial charge >= 0.3 is 0 Å². The fraction of sp³-hybridized carbons (Fsp3) is 0.235. The summed E-state index contributed by atoms with van der Waals surface area (Å²) in [7, 11) is 0. The molecule has 1 unspecified atom stereocenters. The van der Waals surface area contributed by atoms with Gasteiger partial charge in [-0.25, -0.2) is 0 Å². The van der Waals surface area contributed by atoms with Gasteiger partial charge in [-0.2, -0.15) is 10.2 Å². The topological polar surface area (TPSA) is 64.7 Å². The lowest BCUT2D eigenvalue weighted by molar-refractivity contribution is -0.119. The summed E-state index contributed by atoms with van der Waals surface area (Å²) in [6.45, 7) is 4.05. The first-order chi connectivity index (χ1) is 12.3. The first-order valence-corrected chi connectivity index (χ1v) is 8.95. The maximum Gasteiger partial charge on any atom is 0.249 e. The predicted octanol–water partition coefficient (Wildman–Crippen LogP) is 4.60. The van der Waals surface area contributed by atoms with Crippen LogP contribution >= 0.6 is 34.8 Å². The normalized spacial score (nSPS) is 12.2. The number of nitrogens with zero attached hydrogens (tertiary/aromatic N) is 4. The van der Waals surface area contributed by atoms with Gasteiger partial charge in [-0.3, -0.25) is 14.2 Å². The van der Waals surface area contributed by atoms with Crippen molar-refractivity contribution in [2.24, 2.45) is 0 Å². The third-order valence-electron chi connectivity index (χ3n) is 3.86. The van der Waals surface area contributed by atoms with Crippen molar-refractivity contribution in [1.82, 2.24) is 19.6 Å². The van der Waals surface area contributed by atoms with Gasteiger partial charge in [0.15, 0.2) is 0 Å². The van der Waals surface area contributed by atoms with Gasteiger partial charge in [-0.15, -0.1) is 0 Å². The van der Waals surface area contributed by atoms with Crippen LogP contribution in [-0.2, 0) is 11.3 Å². The fourth-order valence-electron chi connectivity index (χ4n) is 2.36. The third-order valence-corrected chi connectivity index (χ3v) is 4.97. The van der Waals surface area contributed by atoms with Crippen molar-refractivity contribution < 1.29 is 4.79 Å². The summed E-state index contributed by atoms with van der Waals surface area (Å²) in [5.74, 6) is -0.210. The summed E-state index contributed by atoms with van der Waals surface area (Å²) in [6.07, 6.45) is 4.97. The molecule has 1 aromatic carbocycles. The zero-order valence-corrected chi connectivity index (χ0v) is 16.3. The molecule has 0 saturated heterocycles. The van der Waals surface area contributed by atoms with E-state index in [0.717, 1.165) is 5.56 Å². The molecule has 2 heterocycles. The molecular formula is C17H16Cl3N5O. The number of nitrogens with one attached hydrogen (secondary N) is 1. The molecule has 26 heavy (non-hydrogen) atoms. The first-order valence-electron chi connectivity index (χ1n) is 7.82. The fourth-order valence-corrected chi connectivity index (χ4v) is 2.82. The number of hydrogen-bond donors (Lipinski definition) is 1. The van der Waals surface area contributed by atoms with Crippen LogP contribution in [-0.4, -0.2) is 25.5 Å². The highest BCUT2D eigenvalue weighted by Crippen LogP contribution is 2.23. The minimum atomic E-state index is -0.500. The van der Waals surface area contributed by atoms with Gasteiger partial charge in [0.2, 0.25) is 5.91 Å². The van der Waals surface area contributed by atoms with Crippen LogP contribution in [0.3, 0.4) is 0 Å². The molecule has 1 amide bonds. The molecule has 0 radical (unpaired) electrons. The van der Waals surface area contributed by atoms with Crippen LogP contribution in [0, 0.1) is 6.92 Å². The summed E-state index contributed by atoms with van der Waals surface area (Å²) in [4.78, 5) is 12.4. The van der Waals surface area contributed by atoms with E-state index in [9.17, 15) is 4.79 Å². The standard InChI is InChI=1S/C17H16Cl3N5O/c1-10-16(20)9-25(23-10)11(2)17(26)22-13-6-21-24(8-13)7-12-3-4-14(18)15(19)5-12/h3-6,8-9,11H,7H2,1-2H3,(H,22,26). The number of carbonyl (C=O) groups excluding carboxylic acids is 1. The first kappa shape index (κ1) is 18.8. The molecule has 3 rings (SSSR count).